The van der Waals surface area contributed by atoms with Gasteiger partial charge in [0, 0.05) is 4.88 Å². The Morgan fingerprint density at radius 2 is 2.00 bits per heavy atom. The molecule has 1 N–H and O–H groups in total. The third kappa shape index (κ3) is 4.70. The van der Waals surface area contributed by atoms with Crippen LogP contribution in [-0.4, -0.2) is 25.1 Å². The van der Waals surface area contributed by atoms with Crippen molar-refractivity contribution in [3.05, 3.63) is 45.8 Å². The highest BCUT2D eigenvalue weighted by atomic mass is 32.1. The summed E-state index contributed by atoms with van der Waals surface area (Å²) in [5, 5.41) is 12.6. The average molecular weight is 398 g/mol. The predicted octanol–water partition coefficient (Wildman–Crippen LogP) is 3.94. The number of carbonyl (C=O) groups is 2. The lowest BCUT2D eigenvalue weighted by molar-refractivity contribution is -0.119. The predicted molar refractivity (Wildman–Crippen MR) is 107 cm³/mol. The molecule has 0 atom stereocenters. The first-order valence-electron chi connectivity index (χ1n) is 9.22. The molecule has 0 saturated carbocycles. The Morgan fingerprint density at radius 1 is 1.25 bits per heavy atom. The second-order valence-corrected chi connectivity index (χ2v) is 8.13. The van der Waals surface area contributed by atoms with Gasteiger partial charge in [-0.1, -0.05) is 13.8 Å². The number of nitrogens with zero attached hydrogens (tertiary/aromatic N) is 1. The smallest absolute Gasteiger partial charge is 0.338 e. The summed E-state index contributed by atoms with van der Waals surface area (Å²) in [4.78, 5) is 25.4. The number of carbonyl (C=O) groups excluding carboxylic acids is 2. The molecule has 7 heteroatoms. The molecule has 0 bridgehead atoms. The zero-order chi connectivity index (χ0) is 20.1. The Balaban J connectivity index is 1.52. The van der Waals surface area contributed by atoms with Gasteiger partial charge in [0.15, 0.2) is 6.61 Å². The van der Waals surface area contributed by atoms with Crippen LogP contribution in [0, 0.1) is 17.2 Å². The lowest BCUT2D eigenvalue weighted by Crippen LogP contribution is -2.21. The van der Waals surface area contributed by atoms with Gasteiger partial charge in [0.1, 0.15) is 16.8 Å². The van der Waals surface area contributed by atoms with E-state index in [1.165, 1.54) is 11.3 Å². The van der Waals surface area contributed by atoms with Gasteiger partial charge in [-0.2, -0.15) is 5.26 Å². The number of hydrogen-bond acceptors (Lipinski definition) is 6. The van der Waals surface area contributed by atoms with Gasteiger partial charge in [-0.25, -0.2) is 4.79 Å². The fourth-order valence-corrected chi connectivity index (χ4v) is 4.19. The van der Waals surface area contributed by atoms with Gasteiger partial charge in [0.2, 0.25) is 0 Å². The van der Waals surface area contributed by atoms with Crippen molar-refractivity contribution in [3.8, 4) is 11.8 Å². The molecule has 3 rings (SSSR count). The number of nitrogens with one attached hydrogen (secondary N) is 1. The van der Waals surface area contributed by atoms with E-state index in [4.69, 9.17) is 9.47 Å². The van der Waals surface area contributed by atoms with Crippen molar-refractivity contribution in [3.63, 3.8) is 0 Å². The van der Waals surface area contributed by atoms with Crippen molar-refractivity contribution in [2.45, 2.75) is 33.1 Å². The molecule has 1 aromatic heterocycles. The molecule has 1 heterocycles. The van der Waals surface area contributed by atoms with Crippen LogP contribution in [0.15, 0.2) is 24.3 Å². The number of rotatable bonds is 7. The van der Waals surface area contributed by atoms with E-state index in [1.54, 1.807) is 24.3 Å². The van der Waals surface area contributed by atoms with E-state index in [0.717, 1.165) is 29.7 Å². The van der Waals surface area contributed by atoms with Gasteiger partial charge < -0.3 is 14.8 Å². The summed E-state index contributed by atoms with van der Waals surface area (Å²) in [5.74, 6) is 0.0494. The van der Waals surface area contributed by atoms with Crippen LogP contribution in [0.3, 0.4) is 0 Å². The molecule has 0 radical (unpaired) electrons. The highest BCUT2D eigenvalue weighted by molar-refractivity contribution is 7.16. The van der Waals surface area contributed by atoms with Crippen LogP contribution in [0.2, 0.25) is 0 Å². The molecule has 146 valence electrons. The van der Waals surface area contributed by atoms with E-state index in [-0.39, 0.29) is 0 Å². The maximum Gasteiger partial charge on any atom is 0.338 e. The lowest BCUT2D eigenvalue weighted by Gasteiger charge is -2.09. The number of aryl methyl sites for hydroxylation is 1. The molecule has 0 spiro atoms. The Hall–Kier alpha value is -2.85. The minimum absolute atomic E-state index is 0.345. The fourth-order valence-electron chi connectivity index (χ4n) is 2.94. The number of fused-ring (bicyclic) bond motifs is 1. The number of thiophene rings is 1. The first-order valence-corrected chi connectivity index (χ1v) is 10.0. The highest BCUT2D eigenvalue weighted by Gasteiger charge is 2.23. The maximum absolute atomic E-state index is 12.1. The summed E-state index contributed by atoms with van der Waals surface area (Å²) in [6.07, 6.45) is 2.86. The quantitative estimate of drug-likeness (QED) is 0.714. The van der Waals surface area contributed by atoms with Gasteiger partial charge in [-0.05, 0) is 55.0 Å². The molecule has 28 heavy (non-hydrogen) atoms. The first kappa shape index (κ1) is 19.9. The van der Waals surface area contributed by atoms with Crippen molar-refractivity contribution in [2.75, 3.05) is 18.5 Å². The van der Waals surface area contributed by atoms with Crippen LogP contribution in [0.1, 0.15) is 46.6 Å². The number of hydrogen-bond donors (Lipinski definition) is 1. The highest BCUT2D eigenvalue weighted by Crippen LogP contribution is 2.38. The van der Waals surface area contributed by atoms with Crippen LogP contribution in [0.25, 0.3) is 0 Å². The molecule has 6 nitrogen and oxygen atoms in total. The number of ether oxygens (including phenoxy) is 2. The van der Waals surface area contributed by atoms with E-state index in [9.17, 15) is 14.9 Å². The van der Waals surface area contributed by atoms with E-state index in [2.05, 4.69) is 25.2 Å². The summed E-state index contributed by atoms with van der Waals surface area (Å²) in [7, 11) is 0. The molecule has 0 fully saturated rings. The summed E-state index contributed by atoms with van der Waals surface area (Å²) in [5.41, 5.74) is 1.92. The Morgan fingerprint density at radius 3 is 2.68 bits per heavy atom. The van der Waals surface area contributed by atoms with Crippen molar-refractivity contribution in [1.82, 2.24) is 0 Å². The number of esters is 1. The maximum atomic E-state index is 12.1. The van der Waals surface area contributed by atoms with Gasteiger partial charge in [-0.3, -0.25) is 4.79 Å². The summed E-state index contributed by atoms with van der Waals surface area (Å²) >= 11 is 1.43. The Labute approximate surface area is 168 Å². The van der Waals surface area contributed by atoms with Crippen LogP contribution in [0.4, 0.5) is 5.00 Å². The summed E-state index contributed by atoms with van der Waals surface area (Å²) in [6.45, 7) is 4.30. The molecule has 1 aliphatic rings. The van der Waals surface area contributed by atoms with Crippen molar-refractivity contribution >= 4 is 28.2 Å². The minimum atomic E-state index is -0.584. The summed E-state index contributed by atoms with van der Waals surface area (Å²) < 4.78 is 10.7. The zero-order valence-electron chi connectivity index (χ0n) is 15.9. The third-order valence-corrected chi connectivity index (χ3v) is 5.50. The van der Waals surface area contributed by atoms with Gasteiger partial charge in [0.25, 0.3) is 5.91 Å². The second kappa shape index (κ2) is 8.89. The molecule has 2 aromatic rings. The van der Waals surface area contributed by atoms with Crippen LogP contribution in [0.5, 0.6) is 5.75 Å². The number of benzene rings is 1. The normalized spacial score (nSPS) is 12.4. The lowest BCUT2D eigenvalue weighted by atomic mass is 10.1. The van der Waals surface area contributed by atoms with Gasteiger partial charge in [0.05, 0.1) is 17.7 Å². The Kier molecular flexibility index (Phi) is 6.32. The van der Waals surface area contributed by atoms with Crippen molar-refractivity contribution < 1.29 is 19.1 Å². The zero-order valence-corrected chi connectivity index (χ0v) is 16.7. The van der Waals surface area contributed by atoms with Crippen LogP contribution >= 0.6 is 11.3 Å². The fraction of sp³-hybridized carbons (Fsp3) is 0.381. The standard InChI is InChI=1S/C21H22N2O4S/c1-13(2)11-26-15-8-6-14(7-9-15)21(25)27-12-19(24)23-20-17(10-22)16-4-3-5-18(16)28-20/h6-9,13H,3-5,11-12H2,1-2H3,(H,23,24). The largest absolute Gasteiger partial charge is 0.493 e. The average Bonchev–Trinajstić information content (AvgIpc) is 3.25. The molecule has 0 aliphatic heterocycles. The molecule has 1 amide bonds. The Bertz CT molecular complexity index is 910. The third-order valence-electron chi connectivity index (χ3n) is 4.29. The number of amides is 1. The molecule has 0 unspecified atom stereocenters. The molecular weight excluding hydrogens is 376 g/mol. The monoisotopic (exact) mass is 398 g/mol. The van der Waals surface area contributed by atoms with Gasteiger partial charge in [-0.15, -0.1) is 11.3 Å². The number of nitriles is 1. The van der Waals surface area contributed by atoms with E-state index < -0.39 is 18.5 Å². The minimum Gasteiger partial charge on any atom is -0.493 e. The van der Waals surface area contributed by atoms with E-state index >= 15 is 0 Å². The SMILES string of the molecule is CC(C)COc1ccc(C(=O)OCC(=O)Nc2sc3c(c2C#N)CCC3)cc1. The van der Waals surface area contributed by atoms with E-state index in [1.807, 2.05) is 0 Å². The first-order chi connectivity index (χ1) is 13.5. The molecular formula is C21H22N2O4S. The summed E-state index contributed by atoms with van der Waals surface area (Å²) in [6, 6.07) is 8.78. The van der Waals surface area contributed by atoms with Crippen molar-refractivity contribution in [2.24, 2.45) is 5.92 Å². The number of anilines is 1. The topological polar surface area (TPSA) is 88.4 Å². The molecule has 1 aliphatic carbocycles. The van der Waals surface area contributed by atoms with Gasteiger partial charge >= 0.3 is 5.97 Å². The van der Waals surface area contributed by atoms with Crippen molar-refractivity contribution in [1.29, 1.82) is 5.26 Å². The van der Waals surface area contributed by atoms with E-state index in [0.29, 0.717) is 34.4 Å². The molecule has 1 aromatic carbocycles. The van der Waals surface area contributed by atoms with Crippen LogP contribution in [-0.2, 0) is 22.4 Å². The molecule has 0 saturated heterocycles. The second-order valence-electron chi connectivity index (χ2n) is 7.03. The van der Waals surface area contributed by atoms with Crippen LogP contribution < -0.4 is 10.1 Å².